The van der Waals surface area contributed by atoms with Crippen molar-refractivity contribution in [3.8, 4) is 5.75 Å². The van der Waals surface area contributed by atoms with Gasteiger partial charge in [0.15, 0.2) is 11.6 Å². The van der Waals surface area contributed by atoms with Crippen LogP contribution in [0.15, 0.2) is 41.3 Å². The molecular weight excluding hydrogens is 338 g/mol. The Kier molecular flexibility index (Phi) is 4.79. The predicted molar refractivity (Wildman–Crippen MR) is 75.0 cm³/mol. The average Bonchev–Trinajstić information content (AvgIpc) is 2.44. The number of rotatable bonds is 5. The summed E-state index contributed by atoms with van der Waals surface area (Å²) < 4.78 is 81.4. The second-order valence-electron chi connectivity index (χ2n) is 4.56. The van der Waals surface area contributed by atoms with Gasteiger partial charge in [-0.25, -0.2) is 17.2 Å². The quantitative estimate of drug-likeness (QED) is 0.838. The van der Waals surface area contributed by atoms with E-state index >= 15 is 0 Å². The third-order valence-corrected chi connectivity index (χ3v) is 4.16. The largest absolute Gasteiger partial charge is 0.433 e. The van der Waals surface area contributed by atoms with Gasteiger partial charge in [0.25, 0.3) is 10.0 Å². The van der Waals surface area contributed by atoms with Gasteiger partial charge in [0.1, 0.15) is 5.75 Å². The first-order chi connectivity index (χ1) is 10.7. The molecule has 0 aliphatic carbocycles. The maximum absolute atomic E-state index is 13.2. The smallest absolute Gasteiger partial charge is 0.387 e. The maximum atomic E-state index is 13.2. The van der Waals surface area contributed by atoms with Gasteiger partial charge in [0.2, 0.25) is 0 Å². The number of ether oxygens (including phenoxy) is 1. The van der Waals surface area contributed by atoms with Crippen LogP contribution in [0.1, 0.15) is 5.56 Å². The van der Waals surface area contributed by atoms with Crippen molar-refractivity contribution in [3.05, 3.63) is 53.6 Å². The van der Waals surface area contributed by atoms with Gasteiger partial charge < -0.3 is 4.74 Å². The molecule has 124 valence electrons. The summed E-state index contributed by atoms with van der Waals surface area (Å²) in [6.45, 7) is -1.55. The molecule has 0 aliphatic rings. The van der Waals surface area contributed by atoms with E-state index in [1.54, 1.807) is 6.92 Å². The van der Waals surface area contributed by atoms with Crippen LogP contribution in [0.4, 0.5) is 23.2 Å². The van der Waals surface area contributed by atoms with Crippen molar-refractivity contribution in [2.45, 2.75) is 18.4 Å². The zero-order valence-electron chi connectivity index (χ0n) is 11.7. The highest BCUT2D eigenvalue weighted by atomic mass is 32.2. The van der Waals surface area contributed by atoms with E-state index in [1.807, 2.05) is 4.72 Å². The summed E-state index contributed by atoms with van der Waals surface area (Å²) in [6, 6.07) is 5.90. The van der Waals surface area contributed by atoms with Gasteiger partial charge in [-0.05, 0) is 42.8 Å². The molecule has 0 saturated heterocycles. The molecule has 0 radical (unpaired) electrons. The molecule has 2 rings (SSSR count). The van der Waals surface area contributed by atoms with Crippen LogP contribution >= 0.6 is 0 Å². The van der Waals surface area contributed by atoms with E-state index in [-0.39, 0.29) is 11.4 Å². The summed E-state index contributed by atoms with van der Waals surface area (Å²) >= 11 is 0. The normalized spacial score (nSPS) is 11.6. The van der Waals surface area contributed by atoms with Crippen LogP contribution < -0.4 is 9.46 Å². The molecular formula is C14H11F4NO3S. The second-order valence-corrected chi connectivity index (χ2v) is 6.24. The zero-order chi connectivity index (χ0) is 17.2. The summed E-state index contributed by atoms with van der Waals surface area (Å²) in [6.07, 6.45) is 0. The molecule has 2 aromatic rings. The SMILES string of the molecule is Cc1ccc(NS(=O)(=O)c2ccc(F)c(F)c2)c(OC(F)F)c1. The standard InChI is InChI=1S/C14H11F4NO3S/c1-8-2-5-12(13(6-8)22-14(17)18)19-23(20,21)9-3-4-10(15)11(16)7-9/h2-7,14,19H,1H3. The number of hydrogen-bond donors (Lipinski definition) is 1. The Hall–Kier alpha value is -2.29. The molecule has 0 atom stereocenters. The molecule has 2 aromatic carbocycles. The number of nitrogens with one attached hydrogen (secondary N) is 1. The molecule has 1 N–H and O–H groups in total. The molecule has 0 aliphatic heterocycles. The average molecular weight is 349 g/mol. The second kappa shape index (κ2) is 6.45. The van der Waals surface area contributed by atoms with Crippen LogP contribution in [0.2, 0.25) is 0 Å². The lowest BCUT2D eigenvalue weighted by Gasteiger charge is -2.14. The summed E-state index contributed by atoms with van der Waals surface area (Å²) in [4.78, 5) is -0.556. The molecule has 0 bridgehead atoms. The number of halogens is 4. The molecule has 0 amide bonds. The van der Waals surface area contributed by atoms with Gasteiger partial charge in [0, 0.05) is 0 Å². The van der Waals surface area contributed by atoms with Crippen molar-refractivity contribution >= 4 is 15.7 Å². The Labute approximate surface area is 129 Å². The van der Waals surface area contributed by atoms with E-state index in [1.165, 1.54) is 18.2 Å². The zero-order valence-corrected chi connectivity index (χ0v) is 12.5. The number of sulfonamides is 1. The molecule has 23 heavy (non-hydrogen) atoms. The number of benzene rings is 2. The van der Waals surface area contributed by atoms with Crippen LogP contribution in [0.25, 0.3) is 0 Å². The first kappa shape index (κ1) is 17.1. The Morgan fingerprint density at radius 2 is 1.74 bits per heavy atom. The van der Waals surface area contributed by atoms with E-state index in [0.717, 1.165) is 6.07 Å². The van der Waals surface area contributed by atoms with E-state index in [2.05, 4.69) is 4.74 Å². The van der Waals surface area contributed by atoms with Gasteiger partial charge in [-0.3, -0.25) is 4.72 Å². The predicted octanol–water partition coefficient (Wildman–Crippen LogP) is 3.68. The molecule has 4 nitrogen and oxygen atoms in total. The summed E-state index contributed by atoms with van der Waals surface area (Å²) in [5.41, 5.74) is 0.317. The molecule has 9 heteroatoms. The van der Waals surface area contributed by atoms with Crippen LogP contribution in [-0.4, -0.2) is 15.0 Å². The fourth-order valence-corrected chi connectivity index (χ4v) is 2.84. The van der Waals surface area contributed by atoms with Gasteiger partial charge >= 0.3 is 6.61 Å². The lowest BCUT2D eigenvalue weighted by atomic mass is 10.2. The monoisotopic (exact) mass is 349 g/mol. The number of hydrogen-bond acceptors (Lipinski definition) is 3. The third kappa shape index (κ3) is 4.13. The van der Waals surface area contributed by atoms with Crippen LogP contribution in [0, 0.1) is 18.6 Å². The topological polar surface area (TPSA) is 55.4 Å². The number of aryl methyl sites for hydroxylation is 1. The third-order valence-electron chi connectivity index (χ3n) is 2.80. The molecule has 0 heterocycles. The van der Waals surface area contributed by atoms with Gasteiger partial charge in [-0.2, -0.15) is 8.78 Å². The lowest BCUT2D eigenvalue weighted by molar-refractivity contribution is -0.0493. The fourth-order valence-electron chi connectivity index (χ4n) is 1.76. The Balaban J connectivity index is 2.38. The van der Waals surface area contributed by atoms with Crippen molar-refractivity contribution < 1.29 is 30.7 Å². The van der Waals surface area contributed by atoms with Crippen LogP contribution in [0.5, 0.6) is 5.75 Å². The summed E-state index contributed by atoms with van der Waals surface area (Å²) in [7, 11) is -4.31. The van der Waals surface area contributed by atoms with Crippen LogP contribution in [-0.2, 0) is 10.0 Å². The number of alkyl halides is 2. The Morgan fingerprint density at radius 1 is 1.04 bits per heavy atom. The Bertz CT molecular complexity index is 825. The van der Waals surface area contributed by atoms with Crippen LogP contribution in [0.3, 0.4) is 0 Å². The van der Waals surface area contributed by atoms with E-state index < -0.39 is 33.2 Å². The van der Waals surface area contributed by atoms with Gasteiger partial charge in [-0.15, -0.1) is 0 Å². The lowest BCUT2D eigenvalue weighted by Crippen LogP contribution is -2.15. The molecule has 0 fully saturated rings. The minimum atomic E-state index is -4.31. The van der Waals surface area contributed by atoms with Crippen molar-refractivity contribution in [3.63, 3.8) is 0 Å². The minimum absolute atomic E-state index is 0.249. The summed E-state index contributed by atoms with van der Waals surface area (Å²) in [5, 5.41) is 0. The van der Waals surface area contributed by atoms with Crippen molar-refractivity contribution in [1.29, 1.82) is 0 Å². The maximum Gasteiger partial charge on any atom is 0.387 e. The highest BCUT2D eigenvalue weighted by Gasteiger charge is 2.19. The van der Waals surface area contributed by atoms with Crippen molar-refractivity contribution in [2.75, 3.05) is 4.72 Å². The van der Waals surface area contributed by atoms with E-state index in [9.17, 15) is 26.0 Å². The summed E-state index contributed by atoms with van der Waals surface area (Å²) in [5.74, 6) is -2.94. The molecule has 0 spiro atoms. The number of anilines is 1. The van der Waals surface area contributed by atoms with Crippen molar-refractivity contribution in [2.24, 2.45) is 0 Å². The first-order valence-electron chi connectivity index (χ1n) is 6.22. The Morgan fingerprint density at radius 3 is 2.35 bits per heavy atom. The van der Waals surface area contributed by atoms with Gasteiger partial charge in [0.05, 0.1) is 10.6 Å². The molecule has 0 aromatic heterocycles. The highest BCUT2D eigenvalue weighted by Crippen LogP contribution is 2.29. The molecule has 0 saturated carbocycles. The molecule has 0 unspecified atom stereocenters. The highest BCUT2D eigenvalue weighted by molar-refractivity contribution is 7.92. The van der Waals surface area contributed by atoms with Gasteiger partial charge in [-0.1, -0.05) is 6.07 Å². The first-order valence-corrected chi connectivity index (χ1v) is 7.71. The van der Waals surface area contributed by atoms with E-state index in [4.69, 9.17) is 0 Å². The van der Waals surface area contributed by atoms with E-state index in [0.29, 0.717) is 17.7 Å². The van der Waals surface area contributed by atoms with Crippen molar-refractivity contribution in [1.82, 2.24) is 0 Å². The minimum Gasteiger partial charge on any atom is -0.433 e. The fraction of sp³-hybridized carbons (Fsp3) is 0.143.